The molecule has 1 aromatic carbocycles. The van der Waals surface area contributed by atoms with Crippen molar-refractivity contribution in [1.82, 2.24) is 14.8 Å². The standard InChI is InChI=1S/C21H18F3N3O4/c22-10-4-14(23)12(15(24)5-10)6-25-20(30)13-7-26-8-16-9-1-2-11(3-9)27(16)21(31)17(26)19(29)18(13)28/h4-5,7,9,11,16,29H,1-3,6,8H2,(H,25,30)/t9-,11+,16+/m1/s1. The van der Waals surface area contributed by atoms with E-state index in [0.717, 1.165) is 19.3 Å². The van der Waals surface area contributed by atoms with E-state index in [1.807, 2.05) is 0 Å². The maximum atomic E-state index is 13.8. The van der Waals surface area contributed by atoms with Crippen LogP contribution in [0.25, 0.3) is 0 Å². The van der Waals surface area contributed by atoms with Crippen LogP contribution in [-0.4, -0.2) is 38.5 Å². The SMILES string of the molecule is O=C(NCc1c(F)cc(F)cc1F)c1cn2c(c(O)c1=O)C(=O)N1[C@H]3CC[C@H](C3)[C@@H]1C2. The van der Waals surface area contributed by atoms with Crippen LogP contribution < -0.4 is 10.7 Å². The lowest BCUT2D eigenvalue weighted by atomic mass is 9.95. The summed E-state index contributed by atoms with van der Waals surface area (Å²) in [6, 6.07) is 1.02. The van der Waals surface area contributed by atoms with Crippen LogP contribution in [0.2, 0.25) is 0 Å². The molecule has 0 spiro atoms. The van der Waals surface area contributed by atoms with Crippen molar-refractivity contribution in [3.8, 4) is 5.75 Å². The van der Waals surface area contributed by atoms with Gasteiger partial charge in [0.15, 0.2) is 11.4 Å². The van der Waals surface area contributed by atoms with Crippen LogP contribution in [0.4, 0.5) is 13.2 Å². The van der Waals surface area contributed by atoms with Crippen LogP contribution in [0.15, 0.2) is 23.1 Å². The maximum Gasteiger partial charge on any atom is 0.275 e. The minimum Gasteiger partial charge on any atom is -0.503 e. The number of fused-ring (bicyclic) bond motifs is 6. The van der Waals surface area contributed by atoms with Crippen LogP contribution in [0.3, 0.4) is 0 Å². The lowest BCUT2D eigenvalue weighted by Gasteiger charge is -2.40. The molecule has 1 saturated heterocycles. The molecule has 2 aliphatic heterocycles. The zero-order valence-electron chi connectivity index (χ0n) is 16.2. The number of carbonyl (C=O) groups is 2. The molecule has 3 aliphatic rings. The molecule has 31 heavy (non-hydrogen) atoms. The topological polar surface area (TPSA) is 91.6 Å². The molecule has 2 bridgehead atoms. The first-order chi connectivity index (χ1) is 14.8. The van der Waals surface area contributed by atoms with Gasteiger partial charge in [0, 0.05) is 43.0 Å². The summed E-state index contributed by atoms with van der Waals surface area (Å²) in [7, 11) is 0. The molecule has 0 radical (unpaired) electrons. The number of nitrogens with one attached hydrogen (secondary N) is 1. The summed E-state index contributed by atoms with van der Waals surface area (Å²) in [5.41, 5.74) is -2.21. The van der Waals surface area contributed by atoms with Gasteiger partial charge in [0.05, 0.1) is 6.04 Å². The second-order valence-electron chi connectivity index (χ2n) is 8.26. The zero-order valence-corrected chi connectivity index (χ0v) is 16.2. The lowest BCUT2D eigenvalue weighted by molar-refractivity contribution is 0.0482. The Bertz CT molecular complexity index is 1170. The Morgan fingerprint density at radius 1 is 1.16 bits per heavy atom. The van der Waals surface area contributed by atoms with E-state index in [9.17, 15) is 32.7 Å². The number of piperidine rings is 1. The van der Waals surface area contributed by atoms with E-state index < -0.39 is 58.1 Å². The predicted molar refractivity (Wildman–Crippen MR) is 101 cm³/mol. The Labute approximate surface area is 174 Å². The van der Waals surface area contributed by atoms with Crippen molar-refractivity contribution < 1.29 is 27.9 Å². The Morgan fingerprint density at radius 3 is 2.58 bits per heavy atom. The summed E-state index contributed by atoms with van der Waals surface area (Å²) in [4.78, 5) is 39.8. The van der Waals surface area contributed by atoms with Crippen LogP contribution in [0.1, 0.15) is 45.7 Å². The third kappa shape index (κ3) is 2.92. The monoisotopic (exact) mass is 433 g/mol. The van der Waals surface area contributed by atoms with Gasteiger partial charge in [-0.3, -0.25) is 14.4 Å². The van der Waals surface area contributed by atoms with Crippen molar-refractivity contribution in [2.45, 2.75) is 44.4 Å². The number of halogens is 3. The summed E-state index contributed by atoms with van der Waals surface area (Å²) in [5.74, 6) is -5.33. The summed E-state index contributed by atoms with van der Waals surface area (Å²) in [5, 5.41) is 12.6. The summed E-state index contributed by atoms with van der Waals surface area (Å²) < 4.78 is 42.0. The van der Waals surface area contributed by atoms with E-state index in [4.69, 9.17) is 0 Å². The number of nitrogens with zero attached hydrogens (tertiary/aromatic N) is 2. The molecule has 7 nitrogen and oxygen atoms in total. The first-order valence-corrected chi connectivity index (χ1v) is 9.97. The minimum atomic E-state index is -1.18. The van der Waals surface area contributed by atoms with Crippen molar-refractivity contribution in [3.63, 3.8) is 0 Å². The molecule has 2 amide bonds. The predicted octanol–water partition coefficient (Wildman–Crippen LogP) is 1.91. The van der Waals surface area contributed by atoms with E-state index in [1.165, 1.54) is 10.8 Å². The Hall–Kier alpha value is -3.30. The van der Waals surface area contributed by atoms with Crippen molar-refractivity contribution >= 4 is 11.8 Å². The molecule has 0 unspecified atom stereocenters. The zero-order chi connectivity index (χ0) is 22.0. The first-order valence-electron chi connectivity index (χ1n) is 9.97. The van der Waals surface area contributed by atoms with Crippen LogP contribution in [-0.2, 0) is 13.1 Å². The summed E-state index contributed by atoms with van der Waals surface area (Å²) >= 11 is 0. The molecule has 2 N–H and O–H groups in total. The molecule has 1 aromatic heterocycles. The fourth-order valence-electron chi connectivity index (χ4n) is 5.15. The third-order valence-corrected chi connectivity index (χ3v) is 6.59. The number of amides is 2. The highest BCUT2D eigenvalue weighted by molar-refractivity contribution is 5.99. The van der Waals surface area contributed by atoms with Gasteiger partial charge >= 0.3 is 0 Å². The number of carbonyl (C=O) groups excluding carboxylic acids is 2. The second-order valence-corrected chi connectivity index (χ2v) is 8.26. The third-order valence-electron chi connectivity index (χ3n) is 6.59. The van der Waals surface area contributed by atoms with Gasteiger partial charge in [0.1, 0.15) is 23.0 Å². The molecule has 1 saturated carbocycles. The number of hydrogen-bond acceptors (Lipinski definition) is 4. The fourth-order valence-corrected chi connectivity index (χ4v) is 5.15. The van der Waals surface area contributed by atoms with Gasteiger partial charge in [0.2, 0.25) is 5.43 Å². The Kier molecular flexibility index (Phi) is 4.35. The van der Waals surface area contributed by atoms with Crippen molar-refractivity contribution in [2.24, 2.45) is 5.92 Å². The Balaban J connectivity index is 1.44. The van der Waals surface area contributed by atoms with Crippen LogP contribution >= 0.6 is 0 Å². The van der Waals surface area contributed by atoms with E-state index in [-0.39, 0.29) is 17.8 Å². The highest BCUT2D eigenvalue weighted by atomic mass is 19.1. The number of aromatic hydroxyl groups is 1. The highest BCUT2D eigenvalue weighted by Gasteiger charge is 2.51. The van der Waals surface area contributed by atoms with Crippen molar-refractivity contribution in [2.75, 3.05) is 0 Å². The Morgan fingerprint density at radius 2 is 1.87 bits per heavy atom. The van der Waals surface area contributed by atoms with Gasteiger partial charge in [-0.05, 0) is 25.2 Å². The summed E-state index contributed by atoms with van der Waals surface area (Å²) in [6.07, 6.45) is 3.99. The van der Waals surface area contributed by atoms with Gasteiger partial charge in [-0.25, -0.2) is 13.2 Å². The molecule has 2 aromatic rings. The van der Waals surface area contributed by atoms with Gasteiger partial charge in [-0.15, -0.1) is 0 Å². The second kappa shape index (κ2) is 6.86. The maximum absolute atomic E-state index is 13.8. The smallest absolute Gasteiger partial charge is 0.275 e. The van der Waals surface area contributed by atoms with Crippen LogP contribution in [0, 0.1) is 23.4 Å². The molecule has 10 heteroatoms. The van der Waals surface area contributed by atoms with Gasteiger partial charge in [-0.2, -0.15) is 0 Å². The lowest BCUT2D eigenvalue weighted by Crippen LogP contribution is -2.52. The highest BCUT2D eigenvalue weighted by Crippen LogP contribution is 2.45. The minimum absolute atomic E-state index is 0.0565. The molecule has 162 valence electrons. The van der Waals surface area contributed by atoms with Crippen LogP contribution in [0.5, 0.6) is 5.75 Å². The molecular formula is C21H18F3N3O4. The number of aromatic nitrogens is 1. The van der Waals surface area contributed by atoms with E-state index in [0.29, 0.717) is 24.6 Å². The van der Waals surface area contributed by atoms with E-state index in [2.05, 4.69) is 5.32 Å². The van der Waals surface area contributed by atoms with Gasteiger partial charge < -0.3 is 19.9 Å². The molecule has 5 rings (SSSR count). The number of benzene rings is 1. The molecule has 3 atom stereocenters. The number of pyridine rings is 1. The van der Waals surface area contributed by atoms with E-state index >= 15 is 0 Å². The fraction of sp³-hybridized carbons (Fsp3) is 0.381. The average molecular weight is 433 g/mol. The molecule has 1 aliphatic carbocycles. The molecule has 2 fully saturated rings. The average Bonchev–Trinajstić information content (AvgIpc) is 3.31. The van der Waals surface area contributed by atoms with Gasteiger partial charge in [0.25, 0.3) is 11.8 Å². The first kappa shape index (κ1) is 19.7. The van der Waals surface area contributed by atoms with Gasteiger partial charge in [-0.1, -0.05) is 0 Å². The molecule has 3 heterocycles. The number of hydrogen-bond donors (Lipinski definition) is 2. The quantitative estimate of drug-likeness (QED) is 0.774. The largest absolute Gasteiger partial charge is 0.503 e. The normalized spacial score (nSPS) is 23.6. The molecular weight excluding hydrogens is 415 g/mol. The van der Waals surface area contributed by atoms with Crippen molar-refractivity contribution in [3.05, 3.63) is 62.8 Å². The summed E-state index contributed by atoms with van der Waals surface area (Å²) in [6.45, 7) is -0.282. The number of rotatable bonds is 3. The van der Waals surface area contributed by atoms with E-state index in [1.54, 1.807) is 4.90 Å². The van der Waals surface area contributed by atoms with Crippen molar-refractivity contribution in [1.29, 1.82) is 0 Å².